The van der Waals surface area contributed by atoms with Gasteiger partial charge in [-0.2, -0.15) is 8.78 Å². The van der Waals surface area contributed by atoms with Gasteiger partial charge in [0, 0.05) is 16.3 Å². The number of hydrogen-bond acceptors (Lipinski definition) is 0. The van der Waals surface area contributed by atoms with E-state index in [1.165, 1.54) is 132 Å². The van der Waals surface area contributed by atoms with Crippen molar-refractivity contribution in [1.82, 2.24) is 0 Å². The van der Waals surface area contributed by atoms with Crippen LogP contribution in [0.25, 0.3) is 6.08 Å². The molecule has 127 heavy (non-hydrogen) atoms. The van der Waals surface area contributed by atoms with E-state index in [1.807, 2.05) is 59.8 Å². The summed E-state index contributed by atoms with van der Waals surface area (Å²) in [5.41, 5.74) is 9.26. The Labute approximate surface area is 812 Å². The molecular weight excluding hydrogens is 1610 g/mol. The normalized spacial score (nSPS) is 13.2. The highest BCUT2D eigenvalue weighted by Gasteiger charge is 2.33. The van der Waals surface area contributed by atoms with E-state index < -0.39 is 6.08 Å². The molecule has 0 aliphatic heterocycles. The Morgan fingerprint density at radius 3 is 0.913 bits per heavy atom. The third-order valence-corrected chi connectivity index (χ3v) is 17.3. The average Bonchev–Trinajstić information content (AvgIpc) is 1.47. The monoisotopic (exact) mass is 1840 g/mol. The summed E-state index contributed by atoms with van der Waals surface area (Å²) >= 11 is 3.38. The molecule has 1 unspecified atom stereocenters. The van der Waals surface area contributed by atoms with Crippen LogP contribution in [0.5, 0.6) is 0 Å². The van der Waals surface area contributed by atoms with Gasteiger partial charge in [0.25, 0.3) is 6.08 Å². The van der Waals surface area contributed by atoms with Crippen LogP contribution in [0.4, 0.5) is 8.78 Å². The molecule has 2 saturated carbocycles. The summed E-state index contributed by atoms with van der Waals surface area (Å²) in [6.45, 7) is 119. The van der Waals surface area contributed by atoms with Crippen LogP contribution < -0.4 is 0 Å². The van der Waals surface area contributed by atoms with Gasteiger partial charge in [0.05, 0.1) is 0 Å². The SMILES string of the molecule is C/C=C/CC.C/C=C/CC(C)(C)C.C=CC(c1ccccc1)C(C)(C)C.CC.CC(C)(C)/C=C/C=C(F)F.CC(C)(C)Br.CC(C)(C)C/C=C/c1ccccc1.CC(C)(C)C1CC1.CC(C)(C)CC1CC1.CC(C)(C)CCCc1ccccc1.CC(C)C.CC/C=C/C(C)(C)C.CC/C=C/C(C)(C)C.CCCC(C)(C)C.CCCCC(C)(C)C.CCCCC(C)(C)C. The Bertz CT molecular complexity index is 2920. The number of hydrogen-bond donors (Lipinski definition) is 0. The maximum atomic E-state index is 11.4. The van der Waals surface area contributed by atoms with Crippen molar-refractivity contribution in [1.29, 1.82) is 0 Å². The Hall–Kier alpha value is -4.08. The highest BCUT2D eigenvalue weighted by Crippen LogP contribution is 2.44. The minimum atomic E-state index is -1.65. The lowest BCUT2D eigenvalue weighted by atomic mass is 9.77. The smallest absolute Gasteiger partial charge is 0.173 e. The van der Waals surface area contributed by atoms with Crippen LogP contribution >= 0.6 is 15.9 Å². The number of allylic oxidation sites excluding steroid dienone is 13. The second-order valence-corrected chi connectivity index (χ2v) is 52.5. The zero-order valence-electron chi connectivity index (χ0n) is 96.2. The summed E-state index contributed by atoms with van der Waals surface area (Å²) in [5.74, 6) is 3.41. The summed E-state index contributed by atoms with van der Waals surface area (Å²) < 4.78 is 23.2. The molecule has 0 radical (unpaired) electrons. The highest BCUT2D eigenvalue weighted by atomic mass is 79.9. The largest absolute Gasteiger partial charge is 0.270 e. The minimum Gasteiger partial charge on any atom is -0.173 e. The van der Waals surface area contributed by atoms with Crippen LogP contribution in [-0.2, 0) is 6.42 Å². The molecule has 1 atom stereocenters. The lowest BCUT2D eigenvalue weighted by molar-refractivity contribution is 0.351. The Kier molecular flexibility index (Phi) is 93.6. The van der Waals surface area contributed by atoms with Gasteiger partial charge < -0.3 is 0 Å². The molecule has 750 valence electrons. The van der Waals surface area contributed by atoms with Crippen LogP contribution in [0.2, 0.25) is 0 Å². The summed E-state index contributed by atoms with van der Waals surface area (Å²) in [6.07, 6.45) is 53.9. The van der Waals surface area contributed by atoms with Crippen molar-refractivity contribution in [2.24, 2.45) is 82.7 Å². The van der Waals surface area contributed by atoms with E-state index in [2.05, 4.69) is 481 Å². The minimum absolute atomic E-state index is 0.0219. The maximum absolute atomic E-state index is 11.4. The molecule has 0 aromatic heterocycles. The summed E-state index contributed by atoms with van der Waals surface area (Å²) in [6, 6.07) is 31.7. The maximum Gasteiger partial charge on any atom is 0.270 e. The van der Waals surface area contributed by atoms with Gasteiger partial charge in [-0.1, -0.05) is 577 Å². The fraction of sp³-hybridized carbons (Fsp3) is 0.726. The molecule has 0 N–H and O–H groups in total. The van der Waals surface area contributed by atoms with E-state index in [9.17, 15) is 8.78 Å². The molecule has 2 aliphatic carbocycles. The molecule has 5 rings (SSSR count). The first-order valence-electron chi connectivity index (χ1n) is 50.7. The third kappa shape index (κ3) is 172. The van der Waals surface area contributed by atoms with E-state index in [4.69, 9.17) is 0 Å². The number of benzene rings is 3. The standard InChI is InChI=1S/C13H20.2C13H18.C8H12F2.C8H16.2C8H18.3C8H16.C7H14.C7H16.C5H10.C4H9Br.C4H10.C2H6/c2*1-13(2,3)11-7-10-12-8-5-4-6-9-12;1-5-12(13(2,3)4)11-9-7-6-8-10-11;1-8(2,3)6-4-5-7(9)10;1-8(2,3)6-7-4-5-7;5*1-5-6-7-8(2,3)4;1-7(2,3)6-4-5-6;1-5-6-7(2,3)4;1-3-5-4-2;1-4(2,3)5;1-4(2)3;1-2/h4-6,8-9H,7,10-11H2,1-3H3;4-10H,11H2,1-3H3;5-10,12H,1H2,2-4H3;4-6H,1-3H3;7H,4-6H2,1-3H3;2*5-7H2,1-4H3;2*6-7H,5H2,1-4H3;5-6H,7H2,1-4H3;6H,4-5H2,1-3H3;5-6H2,1-4H3;3,5H,4H2,1-2H3;1-3H3;4H,1-3H3;1-2H3/b;10-7+;;6-4+;;;;2*7-6+;6-5+;;;5-3+;;;. The first kappa shape index (κ1) is 146. The van der Waals surface area contributed by atoms with Gasteiger partial charge in [-0.15, -0.1) is 6.58 Å². The first-order valence-corrected chi connectivity index (χ1v) is 51.5. The van der Waals surface area contributed by atoms with Gasteiger partial charge in [-0.05, 0) is 203 Å². The molecular formula is C124H233BrF2. The van der Waals surface area contributed by atoms with Gasteiger partial charge >= 0.3 is 0 Å². The second kappa shape index (κ2) is 81.5. The Morgan fingerprint density at radius 1 is 0.402 bits per heavy atom. The number of rotatable bonds is 18. The predicted molar refractivity (Wildman–Crippen MR) is 600 cm³/mol. The number of alkyl halides is 1. The lowest BCUT2D eigenvalue weighted by Crippen LogP contribution is -2.15. The number of aryl methyl sites for hydroxylation is 1. The second-order valence-electron chi connectivity index (χ2n) is 50.1. The molecule has 3 heteroatoms. The van der Waals surface area contributed by atoms with Gasteiger partial charge in [0.1, 0.15) is 0 Å². The molecule has 2 fully saturated rings. The van der Waals surface area contributed by atoms with Crippen molar-refractivity contribution in [2.75, 3.05) is 0 Å². The fourth-order valence-corrected chi connectivity index (χ4v) is 10.6. The predicted octanol–water partition coefficient (Wildman–Crippen LogP) is 46.0. The first-order chi connectivity index (χ1) is 57.3. The van der Waals surface area contributed by atoms with E-state index >= 15 is 0 Å². The van der Waals surface area contributed by atoms with Crippen LogP contribution in [0.3, 0.4) is 0 Å². The van der Waals surface area contributed by atoms with Gasteiger partial charge in [0.2, 0.25) is 0 Å². The third-order valence-electron chi connectivity index (χ3n) is 17.3. The molecule has 3 aromatic rings. The van der Waals surface area contributed by atoms with Gasteiger partial charge in [-0.25, -0.2) is 0 Å². The van der Waals surface area contributed by atoms with Gasteiger partial charge in [0.15, 0.2) is 0 Å². The highest BCUT2D eigenvalue weighted by molar-refractivity contribution is 9.10. The van der Waals surface area contributed by atoms with E-state index in [0.717, 1.165) is 49.5 Å². The Balaban J connectivity index is -0.000000127. The van der Waals surface area contributed by atoms with Crippen molar-refractivity contribution in [3.05, 3.63) is 199 Å². The molecule has 2 aliphatic rings. The molecule has 0 amide bonds. The molecule has 0 heterocycles. The fourth-order valence-electron chi connectivity index (χ4n) is 10.6. The van der Waals surface area contributed by atoms with E-state index in [1.54, 1.807) is 6.08 Å². The van der Waals surface area contributed by atoms with E-state index in [0.29, 0.717) is 64.4 Å². The molecule has 0 bridgehead atoms. The zero-order valence-corrected chi connectivity index (χ0v) is 97.8. The van der Waals surface area contributed by atoms with Crippen molar-refractivity contribution in [3.63, 3.8) is 0 Å². The van der Waals surface area contributed by atoms with Crippen LogP contribution in [0, 0.1) is 82.7 Å². The van der Waals surface area contributed by atoms with Crippen molar-refractivity contribution in [2.45, 2.75) is 505 Å². The molecule has 3 aromatic carbocycles. The van der Waals surface area contributed by atoms with Crippen molar-refractivity contribution < 1.29 is 8.78 Å². The van der Waals surface area contributed by atoms with Crippen LogP contribution in [-0.4, -0.2) is 4.32 Å². The van der Waals surface area contributed by atoms with Gasteiger partial charge in [-0.3, -0.25) is 0 Å². The Morgan fingerprint density at radius 2 is 0.724 bits per heavy atom. The average molecular weight is 1840 g/mol. The van der Waals surface area contributed by atoms with Crippen LogP contribution in [0.15, 0.2) is 183 Å². The van der Waals surface area contributed by atoms with Crippen molar-refractivity contribution in [3.8, 4) is 0 Å². The van der Waals surface area contributed by atoms with E-state index in [-0.39, 0.29) is 10.8 Å². The summed E-state index contributed by atoms with van der Waals surface area (Å²) in [4.78, 5) is 0. The summed E-state index contributed by atoms with van der Waals surface area (Å²) in [7, 11) is 0. The number of halogens is 3. The topological polar surface area (TPSA) is 0 Å². The number of unbranched alkanes of at least 4 members (excludes halogenated alkanes) is 2. The molecule has 0 nitrogen and oxygen atoms in total. The quantitative estimate of drug-likeness (QED) is 0.0676. The van der Waals surface area contributed by atoms with Crippen LogP contribution in [0.1, 0.15) is 511 Å². The van der Waals surface area contributed by atoms with Crippen molar-refractivity contribution >= 4 is 22.0 Å². The lowest BCUT2D eigenvalue weighted by Gasteiger charge is -2.28. The molecule has 0 saturated heterocycles. The zero-order chi connectivity index (χ0) is 102. The summed E-state index contributed by atoms with van der Waals surface area (Å²) in [5, 5.41) is 0. The molecule has 0 spiro atoms.